The molecule has 24 heavy (non-hydrogen) atoms. The van der Waals surface area contributed by atoms with Crippen molar-refractivity contribution in [1.82, 2.24) is 8.46 Å². The van der Waals surface area contributed by atoms with Gasteiger partial charge in [-0.1, -0.05) is 57.0 Å². The van der Waals surface area contributed by atoms with Gasteiger partial charge in [0.1, 0.15) is 16.5 Å². The number of rotatable bonds is 6. The van der Waals surface area contributed by atoms with E-state index in [1.807, 2.05) is 14.1 Å². The number of hydrogen-bond acceptors (Lipinski definition) is 3. The fourth-order valence-electron chi connectivity index (χ4n) is 2.82. The Balaban J connectivity index is 3.46. The minimum atomic E-state index is -3.51. The molecule has 0 bridgehead atoms. The normalized spacial score (nSPS) is 13.8. The molecule has 1 rings (SSSR count). The van der Waals surface area contributed by atoms with Gasteiger partial charge in [-0.25, -0.2) is 4.11 Å². The second-order valence-electron chi connectivity index (χ2n) is 8.95. The van der Waals surface area contributed by atoms with E-state index in [0.29, 0.717) is 0 Å². The van der Waals surface area contributed by atoms with Gasteiger partial charge in [0, 0.05) is 5.69 Å². The van der Waals surface area contributed by atoms with E-state index in [2.05, 4.69) is 85.6 Å². The highest BCUT2D eigenvalue weighted by Crippen LogP contribution is 2.31. The number of nitrogens with zero attached hydrogens (tertiary/aromatic N) is 2. The predicted octanol–water partition coefficient (Wildman–Crippen LogP) is 4.96. The quantitative estimate of drug-likeness (QED) is 0.551. The second-order valence-corrected chi connectivity index (χ2v) is 22.6. The predicted molar refractivity (Wildman–Crippen MR) is 113 cm³/mol. The van der Waals surface area contributed by atoms with Gasteiger partial charge in [-0.15, -0.1) is 0 Å². The van der Waals surface area contributed by atoms with E-state index in [1.54, 1.807) is 0 Å². The fraction of sp³-hybridized carbons (Fsp3) is 0.647. The van der Waals surface area contributed by atoms with Crippen LogP contribution in [0.2, 0.25) is 39.3 Å². The molecule has 0 spiro atoms. The van der Waals surface area contributed by atoms with Crippen LogP contribution >= 0.6 is 0 Å². The van der Waals surface area contributed by atoms with Crippen molar-refractivity contribution in [3.8, 4) is 0 Å². The van der Waals surface area contributed by atoms with Gasteiger partial charge in [0.15, 0.2) is 0 Å². The summed E-state index contributed by atoms with van der Waals surface area (Å²) < 4.78 is 20.8. The Kier molecular flexibility index (Phi) is 6.32. The van der Waals surface area contributed by atoms with E-state index < -0.39 is 25.4 Å². The van der Waals surface area contributed by atoms with E-state index in [4.69, 9.17) is 0 Å². The third-order valence-electron chi connectivity index (χ3n) is 4.86. The average Bonchev–Trinajstić information content (AvgIpc) is 2.38. The summed E-state index contributed by atoms with van der Waals surface area (Å²) in [5.74, 6) is 0. The van der Waals surface area contributed by atoms with Crippen LogP contribution in [0.3, 0.4) is 0 Å². The third-order valence-corrected chi connectivity index (χ3v) is 17.0. The zero-order valence-corrected chi connectivity index (χ0v) is 20.4. The first-order valence-corrected chi connectivity index (χ1v) is 17.3. The molecule has 0 heterocycles. The Labute approximate surface area is 151 Å². The Hall–Kier alpha value is -0.479. The summed E-state index contributed by atoms with van der Waals surface area (Å²) in [6.45, 7) is 19.5. The first-order valence-electron chi connectivity index (χ1n) is 8.63. The minimum Gasteiger partial charge on any atom is -0.362 e. The number of anilines is 1. The van der Waals surface area contributed by atoms with Crippen molar-refractivity contribution >= 4 is 31.1 Å². The van der Waals surface area contributed by atoms with Crippen molar-refractivity contribution in [3.05, 3.63) is 28.8 Å². The van der Waals surface area contributed by atoms with Gasteiger partial charge in [0.25, 0.3) is 0 Å². The summed E-state index contributed by atoms with van der Waals surface area (Å²) in [7, 11) is -3.16. The van der Waals surface area contributed by atoms with Gasteiger partial charge in [0.05, 0.1) is 0 Å². The van der Waals surface area contributed by atoms with E-state index in [1.165, 1.54) is 5.56 Å². The van der Waals surface area contributed by atoms with E-state index in [9.17, 15) is 0 Å². The molecule has 0 unspecified atom stereocenters. The van der Waals surface area contributed by atoms with Crippen molar-refractivity contribution in [2.24, 2.45) is 0 Å². The smallest absolute Gasteiger partial charge is 0.362 e. The highest BCUT2D eigenvalue weighted by Gasteiger charge is 2.54. The summed E-state index contributed by atoms with van der Waals surface area (Å²) in [5, 5.41) is 0. The number of halogens is 1. The molecule has 0 saturated carbocycles. The number of aryl methyl sites for hydroxylation is 3. The van der Waals surface area contributed by atoms with Gasteiger partial charge < -0.3 is 4.98 Å². The molecular formula is C17H36FN3Si3. The zero-order chi connectivity index (χ0) is 19.1. The molecule has 0 aliphatic carbocycles. The van der Waals surface area contributed by atoms with Crippen molar-refractivity contribution in [2.75, 3.05) is 19.1 Å². The van der Waals surface area contributed by atoms with Crippen LogP contribution in [-0.4, -0.2) is 47.9 Å². The molecule has 0 aliphatic rings. The lowest BCUT2D eigenvalue weighted by Gasteiger charge is -2.48. The van der Waals surface area contributed by atoms with Crippen molar-refractivity contribution in [1.29, 1.82) is 0 Å². The second kappa shape index (κ2) is 7.03. The number of benzene rings is 1. The first kappa shape index (κ1) is 21.6. The van der Waals surface area contributed by atoms with Crippen LogP contribution in [0.1, 0.15) is 16.7 Å². The molecule has 0 radical (unpaired) electrons. The molecule has 0 fully saturated rings. The van der Waals surface area contributed by atoms with Crippen molar-refractivity contribution in [3.63, 3.8) is 0 Å². The molecular weight excluding hydrogens is 349 g/mol. The highest BCUT2D eigenvalue weighted by molar-refractivity contribution is 6.94. The van der Waals surface area contributed by atoms with Crippen LogP contribution < -0.4 is 4.98 Å². The first-order chi connectivity index (χ1) is 10.6. The summed E-state index contributed by atoms with van der Waals surface area (Å²) in [6.07, 6.45) is 0. The molecule has 0 aromatic heterocycles. The molecule has 0 aliphatic heterocycles. The van der Waals surface area contributed by atoms with Crippen molar-refractivity contribution in [2.45, 2.75) is 60.1 Å². The lowest BCUT2D eigenvalue weighted by molar-refractivity contribution is 0.503. The maximum atomic E-state index is 16.7. The Morgan fingerprint density at radius 3 is 1.42 bits per heavy atom. The van der Waals surface area contributed by atoms with Crippen LogP contribution in [-0.2, 0) is 0 Å². The molecule has 1 aromatic rings. The topological polar surface area (TPSA) is 18.5 Å². The van der Waals surface area contributed by atoms with Gasteiger partial charge >= 0.3 is 8.89 Å². The molecule has 0 saturated heterocycles. The van der Waals surface area contributed by atoms with Crippen molar-refractivity contribution < 1.29 is 4.11 Å². The van der Waals surface area contributed by atoms with Crippen LogP contribution in [0.5, 0.6) is 0 Å². The molecule has 1 aromatic carbocycles. The summed E-state index contributed by atoms with van der Waals surface area (Å²) in [6, 6.07) is 4.26. The van der Waals surface area contributed by atoms with Crippen LogP contribution in [0.25, 0.3) is 0 Å². The molecule has 0 amide bonds. The average molecular weight is 386 g/mol. The number of nitrogens with one attached hydrogen (secondary N) is 1. The van der Waals surface area contributed by atoms with Gasteiger partial charge in [0.2, 0.25) is 0 Å². The molecule has 7 heteroatoms. The maximum Gasteiger partial charge on any atom is 0.503 e. The standard InChI is InChI=1S/C17H36FN3Si3/c1-14-12-15(2)17(16(3)13-14)19-24(18,20(4)22(6,7)8)21(5)23(9,10)11/h12-13,19H,1-11H3. The molecule has 138 valence electrons. The highest BCUT2D eigenvalue weighted by atomic mass is 28.5. The van der Waals surface area contributed by atoms with Gasteiger partial charge in [-0.2, -0.15) is 0 Å². The van der Waals surface area contributed by atoms with Crippen LogP contribution in [0.4, 0.5) is 9.80 Å². The van der Waals surface area contributed by atoms with Gasteiger partial charge in [-0.3, -0.25) is 8.46 Å². The molecule has 1 N–H and O–H groups in total. The number of hydrogen-bond donors (Lipinski definition) is 1. The monoisotopic (exact) mass is 385 g/mol. The van der Waals surface area contributed by atoms with Gasteiger partial charge in [-0.05, 0) is 46.0 Å². The Bertz CT molecular complexity index is 551. The Morgan fingerprint density at radius 2 is 1.12 bits per heavy atom. The third kappa shape index (κ3) is 4.57. The largest absolute Gasteiger partial charge is 0.503 e. The van der Waals surface area contributed by atoms with E-state index >= 15 is 4.11 Å². The summed E-state index contributed by atoms with van der Waals surface area (Å²) in [4.78, 5) is 3.43. The van der Waals surface area contributed by atoms with E-state index in [-0.39, 0.29) is 0 Å². The minimum absolute atomic E-state index is 0.963. The SMILES string of the molecule is Cc1cc(C)c(N[Si](F)(N(C)[Si](C)(C)C)N(C)[Si](C)(C)C)c(C)c1. The van der Waals surface area contributed by atoms with Crippen LogP contribution in [0, 0.1) is 20.8 Å². The molecule has 0 atom stereocenters. The zero-order valence-electron chi connectivity index (χ0n) is 17.4. The molecule has 3 nitrogen and oxygen atoms in total. The Morgan fingerprint density at radius 1 is 0.792 bits per heavy atom. The lowest BCUT2D eigenvalue weighted by Crippen LogP contribution is -2.75. The maximum absolute atomic E-state index is 16.7. The fourth-order valence-corrected chi connectivity index (χ4v) is 13.0. The van der Waals surface area contributed by atoms with E-state index in [0.717, 1.165) is 16.8 Å². The summed E-state index contributed by atoms with van der Waals surface area (Å²) in [5.41, 5.74) is 4.42. The lowest BCUT2D eigenvalue weighted by atomic mass is 10.1. The van der Waals surface area contributed by atoms with Crippen LogP contribution in [0.15, 0.2) is 12.1 Å². The summed E-state index contributed by atoms with van der Waals surface area (Å²) >= 11 is 0.